The smallest absolute Gasteiger partial charge is 0.247 e. The second-order valence-corrected chi connectivity index (χ2v) is 9.06. The Kier molecular flexibility index (Phi) is 7.13. The maximum absolute atomic E-state index is 12.9. The Hall–Kier alpha value is -3.13. The number of hydrogen-bond acceptors (Lipinski definition) is 7. The van der Waals surface area contributed by atoms with E-state index in [0.717, 1.165) is 41.0 Å². The molecule has 0 fully saturated rings. The Balaban J connectivity index is 1.80. The highest BCUT2D eigenvalue weighted by Gasteiger charge is 2.34. The van der Waals surface area contributed by atoms with E-state index in [1.54, 1.807) is 4.90 Å². The lowest BCUT2D eigenvalue weighted by Gasteiger charge is -2.30. The third-order valence-electron chi connectivity index (χ3n) is 5.30. The number of carbonyl (C=O) groups excluding carboxylic acids is 1. The number of benzene rings is 2. The van der Waals surface area contributed by atoms with Crippen LogP contribution in [0.2, 0.25) is 0 Å². The van der Waals surface area contributed by atoms with Crippen LogP contribution in [-0.2, 0) is 4.79 Å². The molecule has 0 unspecified atom stereocenters. The third-order valence-corrected chi connectivity index (χ3v) is 6.02. The summed E-state index contributed by atoms with van der Waals surface area (Å²) in [6.07, 6.45) is 1.38. The molecule has 1 amide bonds. The Bertz CT molecular complexity index is 1140. The second-order valence-electron chi connectivity index (χ2n) is 7.83. The van der Waals surface area contributed by atoms with E-state index in [9.17, 15) is 4.79 Å². The van der Waals surface area contributed by atoms with Crippen molar-refractivity contribution in [1.29, 1.82) is 0 Å². The summed E-state index contributed by atoms with van der Waals surface area (Å²) in [5.74, 6) is 1.83. The van der Waals surface area contributed by atoms with Crippen LogP contribution in [0.15, 0.2) is 47.6 Å². The minimum Gasteiger partial charge on any atom is -0.494 e. The van der Waals surface area contributed by atoms with Gasteiger partial charge in [0, 0.05) is 18.1 Å². The van der Waals surface area contributed by atoms with Crippen LogP contribution in [-0.4, -0.2) is 33.4 Å². The van der Waals surface area contributed by atoms with Crippen LogP contribution in [0, 0.1) is 6.92 Å². The fourth-order valence-electron chi connectivity index (χ4n) is 3.69. The Morgan fingerprint density at radius 1 is 1.15 bits per heavy atom. The number of unbranched alkanes of at least 4 members (excludes halogenated alkanes) is 1. The first kappa shape index (κ1) is 23.0. The normalized spacial score (nSPS) is 14.7. The van der Waals surface area contributed by atoms with Crippen molar-refractivity contribution in [3.05, 3.63) is 53.6 Å². The predicted octanol–water partition coefficient (Wildman–Crippen LogP) is 5.58. The van der Waals surface area contributed by atoms with Crippen molar-refractivity contribution in [2.75, 3.05) is 17.3 Å². The molecule has 0 bridgehead atoms. The molecule has 33 heavy (non-hydrogen) atoms. The summed E-state index contributed by atoms with van der Waals surface area (Å²) >= 11 is 1.49. The van der Waals surface area contributed by atoms with Crippen molar-refractivity contribution in [2.24, 2.45) is 0 Å². The summed E-state index contributed by atoms with van der Waals surface area (Å²) in [5, 5.41) is 9.25. The lowest BCUT2D eigenvalue weighted by Crippen LogP contribution is -2.36. The van der Waals surface area contributed by atoms with E-state index >= 15 is 0 Å². The molecule has 1 aromatic heterocycles. The fourth-order valence-corrected chi connectivity index (χ4v) is 4.19. The lowest BCUT2D eigenvalue weighted by atomic mass is 10.0. The molecule has 2 aromatic carbocycles. The van der Waals surface area contributed by atoms with Gasteiger partial charge in [0.15, 0.2) is 5.69 Å². The highest BCUT2D eigenvalue weighted by Crippen LogP contribution is 2.44. The highest BCUT2D eigenvalue weighted by molar-refractivity contribution is 7.99. The monoisotopic (exact) mass is 464 g/mol. The Morgan fingerprint density at radius 3 is 2.64 bits per heavy atom. The summed E-state index contributed by atoms with van der Waals surface area (Å²) in [4.78, 5) is 19.2. The van der Waals surface area contributed by atoms with Gasteiger partial charge in [0.05, 0.1) is 12.3 Å². The topological polar surface area (TPSA) is 77.4 Å². The number of hydrogen-bond donors (Lipinski definition) is 0. The summed E-state index contributed by atoms with van der Waals surface area (Å²) in [7, 11) is 0. The van der Waals surface area contributed by atoms with E-state index in [4.69, 9.17) is 9.47 Å². The zero-order chi connectivity index (χ0) is 23.4. The molecule has 1 aliphatic heterocycles. The maximum atomic E-state index is 12.9. The number of amides is 1. The predicted molar refractivity (Wildman–Crippen MR) is 130 cm³/mol. The van der Waals surface area contributed by atoms with Gasteiger partial charge in [-0.15, -0.1) is 10.2 Å². The molecule has 4 rings (SSSR count). The molecular weight excluding hydrogens is 436 g/mol. The third kappa shape index (κ3) is 4.95. The minimum absolute atomic E-state index is 0.141. The Labute approximate surface area is 198 Å². The van der Waals surface area contributed by atoms with Crippen molar-refractivity contribution in [3.63, 3.8) is 0 Å². The van der Waals surface area contributed by atoms with Gasteiger partial charge in [-0.1, -0.05) is 43.7 Å². The summed E-state index contributed by atoms with van der Waals surface area (Å²) in [5.41, 5.74) is 3.88. The highest BCUT2D eigenvalue weighted by atomic mass is 32.2. The molecule has 2 heterocycles. The standard InChI is InChI=1S/C25H28N4O3S/c1-5-7-14-31-19-11-9-18(10-12-19)24-29(17(4)30)21-13-8-16(3)15-20(21)22-23(32-24)26-25(28-27-22)33-6-2/h8-13,15,24H,5-7,14H2,1-4H3/t24-/m1/s1. The molecule has 3 aromatic rings. The van der Waals surface area contributed by atoms with Crippen LogP contribution >= 0.6 is 11.8 Å². The van der Waals surface area contributed by atoms with Crippen molar-refractivity contribution in [1.82, 2.24) is 15.2 Å². The number of aromatic nitrogens is 3. The largest absolute Gasteiger partial charge is 0.494 e. The zero-order valence-corrected chi connectivity index (χ0v) is 20.2. The van der Waals surface area contributed by atoms with Gasteiger partial charge in [-0.05, 0) is 55.5 Å². The number of rotatable bonds is 7. The van der Waals surface area contributed by atoms with Crippen LogP contribution in [0.3, 0.4) is 0 Å². The molecule has 0 radical (unpaired) electrons. The number of ether oxygens (including phenoxy) is 2. The molecule has 1 aliphatic rings. The average molecular weight is 465 g/mol. The van der Waals surface area contributed by atoms with E-state index in [1.807, 2.05) is 56.3 Å². The molecule has 0 spiro atoms. The maximum Gasteiger partial charge on any atom is 0.247 e. The molecule has 8 heteroatoms. The first-order valence-corrected chi connectivity index (χ1v) is 12.2. The van der Waals surface area contributed by atoms with E-state index in [-0.39, 0.29) is 5.91 Å². The van der Waals surface area contributed by atoms with Crippen molar-refractivity contribution >= 4 is 23.4 Å². The SMILES string of the molecule is CCCCOc1ccc([C@H]2Oc3nc(SCC)nnc3-c3cc(C)ccc3N2C(C)=O)cc1. The van der Waals surface area contributed by atoms with Crippen molar-refractivity contribution < 1.29 is 14.3 Å². The number of aryl methyl sites for hydroxylation is 1. The minimum atomic E-state index is -0.703. The van der Waals surface area contributed by atoms with Gasteiger partial charge in [-0.2, -0.15) is 4.98 Å². The van der Waals surface area contributed by atoms with Gasteiger partial charge in [-0.3, -0.25) is 9.69 Å². The number of anilines is 1. The molecule has 172 valence electrons. The van der Waals surface area contributed by atoms with Gasteiger partial charge >= 0.3 is 0 Å². The zero-order valence-electron chi connectivity index (χ0n) is 19.4. The number of nitrogens with zero attached hydrogens (tertiary/aromatic N) is 4. The number of fused-ring (bicyclic) bond motifs is 3. The van der Waals surface area contributed by atoms with E-state index in [0.29, 0.717) is 29.0 Å². The Morgan fingerprint density at radius 2 is 1.94 bits per heavy atom. The molecule has 7 nitrogen and oxygen atoms in total. The van der Waals surface area contributed by atoms with Crippen LogP contribution < -0.4 is 14.4 Å². The van der Waals surface area contributed by atoms with Gasteiger partial charge in [0.2, 0.25) is 23.2 Å². The van der Waals surface area contributed by atoms with E-state index in [1.165, 1.54) is 18.7 Å². The first-order chi connectivity index (χ1) is 16.0. The van der Waals surface area contributed by atoms with E-state index in [2.05, 4.69) is 22.1 Å². The molecule has 0 saturated heterocycles. The molecule has 1 atom stereocenters. The van der Waals surface area contributed by atoms with Crippen LogP contribution in [0.1, 0.15) is 51.0 Å². The summed E-state index contributed by atoms with van der Waals surface area (Å²) in [6, 6.07) is 13.6. The lowest BCUT2D eigenvalue weighted by molar-refractivity contribution is -0.118. The van der Waals surface area contributed by atoms with Crippen LogP contribution in [0.4, 0.5) is 5.69 Å². The van der Waals surface area contributed by atoms with Gasteiger partial charge < -0.3 is 9.47 Å². The van der Waals surface area contributed by atoms with Gasteiger partial charge in [0.25, 0.3) is 0 Å². The number of carbonyl (C=O) groups is 1. The number of thioether (sulfide) groups is 1. The summed E-state index contributed by atoms with van der Waals surface area (Å²) < 4.78 is 12.2. The fraction of sp³-hybridized carbons (Fsp3) is 0.360. The van der Waals surface area contributed by atoms with Gasteiger partial charge in [-0.25, -0.2) is 0 Å². The first-order valence-electron chi connectivity index (χ1n) is 11.2. The molecule has 0 N–H and O–H groups in total. The quantitative estimate of drug-likeness (QED) is 0.333. The average Bonchev–Trinajstić information content (AvgIpc) is 2.94. The second kappa shape index (κ2) is 10.2. The van der Waals surface area contributed by atoms with Crippen LogP contribution in [0.5, 0.6) is 11.6 Å². The molecule has 0 saturated carbocycles. The van der Waals surface area contributed by atoms with Crippen molar-refractivity contribution in [2.45, 2.75) is 51.9 Å². The van der Waals surface area contributed by atoms with Gasteiger partial charge in [0.1, 0.15) is 5.75 Å². The van der Waals surface area contributed by atoms with Crippen molar-refractivity contribution in [3.8, 4) is 22.9 Å². The molecular formula is C25H28N4O3S. The van der Waals surface area contributed by atoms with Crippen LogP contribution in [0.25, 0.3) is 11.3 Å². The molecule has 0 aliphatic carbocycles. The van der Waals surface area contributed by atoms with E-state index < -0.39 is 6.23 Å². The summed E-state index contributed by atoms with van der Waals surface area (Å²) in [6.45, 7) is 8.38.